The van der Waals surface area contributed by atoms with Crippen molar-refractivity contribution in [1.29, 1.82) is 0 Å². The standard InChI is InChI=1S/C21H21N3O3/c1-15-22-20(27-23-15)19-8-6-16(7-9-19)14-26-21(25)24-12-10-17-4-2-3-5-18(17)11-13-24/h2-9H,10-14H2,1H3. The Balaban J connectivity index is 1.33. The summed E-state index contributed by atoms with van der Waals surface area (Å²) in [6.07, 6.45) is 1.46. The zero-order valence-electron chi connectivity index (χ0n) is 15.2. The van der Waals surface area contributed by atoms with Crippen LogP contribution in [0.1, 0.15) is 22.5 Å². The Bertz CT molecular complexity index is 907. The number of ether oxygens (including phenoxy) is 1. The fourth-order valence-corrected chi connectivity index (χ4v) is 3.24. The Labute approximate surface area is 157 Å². The summed E-state index contributed by atoms with van der Waals surface area (Å²) in [7, 11) is 0. The van der Waals surface area contributed by atoms with E-state index in [4.69, 9.17) is 9.26 Å². The Hall–Kier alpha value is -3.15. The number of benzene rings is 2. The molecule has 4 rings (SSSR count). The Kier molecular flexibility index (Phi) is 4.87. The van der Waals surface area contributed by atoms with Gasteiger partial charge >= 0.3 is 6.09 Å². The van der Waals surface area contributed by atoms with Crippen molar-refractivity contribution >= 4 is 6.09 Å². The first kappa shape index (κ1) is 17.3. The van der Waals surface area contributed by atoms with Crippen LogP contribution in [0.5, 0.6) is 0 Å². The molecule has 1 aliphatic rings. The third-order valence-corrected chi connectivity index (χ3v) is 4.77. The lowest BCUT2D eigenvalue weighted by atomic mass is 10.0. The van der Waals surface area contributed by atoms with Gasteiger partial charge in [0.05, 0.1) is 0 Å². The topological polar surface area (TPSA) is 68.5 Å². The quantitative estimate of drug-likeness (QED) is 0.708. The largest absolute Gasteiger partial charge is 0.445 e. The number of amides is 1. The van der Waals surface area contributed by atoms with E-state index in [0.717, 1.165) is 24.0 Å². The van der Waals surface area contributed by atoms with Gasteiger partial charge in [0.15, 0.2) is 5.82 Å². The second-order valence-electron chi connectivity index (χ2n) is 6.65. The normalized spacial score (nSPS) is 13.7. The molecule has 0 radical (unpaired) electrons. The van der Waals surface area contributed by atoms with Gasteiger partial charge in [-0.05, 0) is 48.6 Å². The molecule has 6 nitrogen and oxygen atoms in total. The van der Waals surface area contributed by atoms with Crippen LogP contribution in [0.2, 0.25) is 0 Å². The van der Waals surface area contributed by atoms with Gasteiger partial charge in [0.2, 0.25) is 0 Å². The molecule has 0 atom stereocenters. The molecule has 1 aliphatic heterocycles. The van der Waals surface area contributed by atoms with E-state index in [-0.39, 0.29) is 12.7 Å². The van der Waals surface area contributed by atoms with Crippen LogP contribution in [-0.2, 0) is 24.2 Å². The van der Waals surface area contributed by atoms with Gasteiger partial charge in [0.25, 0.3) is 5.89 Å². The number of hydrogen-bond acceptors (Lipinski definition) is 5. The highest BCUT2D eigenvalue weighted by Crippen LogP contribution is 2.19. The molecule has 1 amide bonds. The fraction of sp³-hybridized carbons (Fsp3) is 0.286. The third-order valence-electron chi connectivity index (χ3n) is 4.77. The first-order valence-electron chi connectivity index (χ1n) is 9.07. The maximum absolute atomic E-state index is 12.4. The van der Waals surface area contributed by atoms with Crippen LogP contribution in [-0.4, -0.2) is 34.2 Å². The summed E-state index contributed by atoms with van der Waals surface area (Å²) in [5.74, 6) is 1.09. The summed E-state index contributed by atoms with van der Waals surface area (Å²) in [4.78, 5) is 18.4. The van der Waals surface area contributed by atoms with Crippen molar-refractivity contribution in [2.75, 3.05) is 13.1 Å². The molecule has 6 heteroatoms. The van der Waals surface area contributed by atoms with E-state index in [1.807, 2.05) is 36.4 Å². The molecule has 0 fully saturated rings. The molecule has 0 bridgehead atoms. The molecule has 27 heavy (non-hydrogen) atoms. The number of hydrogen-bond donors (Lipinski definition) is 0. The van der Waals surface area contributed by atoms with Gasteiger partial charge in [0.1, 0.15) is 6.61 Å². The highest BCUT2D eigenvalue weighted by Gasteiger charge is 2.19. The first-order chi connectivity index (χ1) is 13.2. The zero-order valence-corrected chi connectivity index (χ0v) is 15.2. The van der Waals surface area contributed by atoms with Crippen LogP contribution in [0.25, 0.3) is 11.5 Å². The van der Waals surface area contributed by atoms with Crippen molar-refractivity contribution in [1.82, 2.24) is 15.0 Å². The summed E-state index contributed by atoms with van der Waals surface area (Å²) < 4.78 is 10.7. The molecule has 1 aromatic heterocycles. The van der Waals surface area contributed by atoms with Gasteiger partial charge in [0, 0.05) is 18.7 Å². The van der Waals surface area contributed by atoms with E-state index in [2.05, 4.69) is 22.3 Å². The predicted molar refractivity (Wildman–Crippen MR) is 100 cm³/mol. The van der Waals surface area contributed by atoms with Gasteiger partial charge < -0.3 is 14.2 Å². The second kappa shape index (κ2) is 7.61. The predicted octanol–water partition coefficient (Wildman–Crippen LogP) is 3.78. The van der Waals surface area contributed by atoms with E-state index >= 15 is 0 Å². The molecular weight excluding hydrogens is 342 g/mol. The van der Waals surface area contributed by atoms with Crippen LogP contribution in [0.4, 0.5) is 4.79 Å². The van der Waals surface area contributed by atoms with Crippen molar-refractivity contribution in [3.63, 3.8) is 0 Å². The monoisotopic (exact) mass is 363 g/mol. The van der Waals surface area contributed by atoms with Gasteiger partial charge in [-0.2, -0.15) is 4.98 Å². The lowest BCUT2D eigenvalue weighted by molar-refractivity contribution is 0.0977. The Morgan fingerprint density at radius 2 is 1.74 bits per heavy atom. The van der Waals surface area contributed by atoms with E-state index in [1.54, 1.807) is 11.8 Å². The summed E-state index contributed by atoms with van der Waals surface area (Å²) in [5, 5.41) is 3.79. The summed E-state index contributed by atoms with van der Waals surface area (Å²) >= 11 is 0. The van der Waals surface area contributed by atoms with Crippen LogP contribution in [0.15, 0.2) is 53.1 Å². The molecule has 2 aromatic carbocycles. The Morgan fingerprint density at radius 3 is 2.33 bits per heavy atom. The van der Waals surface area contributed by atoms with Crippen LogP contribution in [0.3, 0.4) is 0 Å². The maximum Gasteiger partial charge on any atom is 0.410 e. The minimum atomic E-state index is -0.264. The zero-order chi connectivity index (χ0) is 18.6. The number of fused-ring (bicyclic) bond motifs is 1. The van der Waals surface area contributed by atoms with Gasteiger partial charge in [-0.25, -0.2) is 4.79 Å². The number of nitrogens with zero attached hydrogens (tertiary/aromatic N) is 3. The van der Waals surface area contributed by atoms with Crippen molar-refractivity contribution in [3.05, 3.63) is 71.0 Å². The first-order valence-corrected chi connectivity index (χ1v) is 9.07. The second-order valence-corrected chi connectivity index (χ2v) is 6.65. The highest BCUT2D eigenvalue weighted by atomic mass is 16.6. The van der Waals surface area contributed by atoms with Crippen molar-refractivity contribution < 1.29 is 14.1 Å². The summed E-state index contributed by atoms with van der Waals surface area (Å²) in [6, 6.07) is 15.9. The van der Waals surface area contributed by atoms with E-state index < -0.39 is 0 Å². The smallest absolute Gasteiger partial charge is 0.410 e. The molecule has 0 unspecified atom stereocenters. The van der Waals surface area contributed by atoms with Crippen molar-refractivity contribution in [2.45, 2.75) is 26.4 Å². The molecule has 0 saturated heterocycles. The lowest BCUT2D eigenvalue weighted by Gasteiger charge is -2.19. The number of carbonyl (C=O) groups is 1. The maximum atomic E-state index is 12.4. The molecular formula is C21H21N3O3. The number of carbonyl (C=O) groups excluding carboxylic acids is 1. The van der Waals surface area contributed by atoms with Crippen molar-refractivity contribution in [3.8, 4) is 11.5 Å². The summed E-state index contributed by atoms with van der Waals surface area (Å²) in [5.41, 5.74) is 4.40. The van der Waals surface area contributed by atoms with E-state index in [0.29, 0.717) is 24.8 Å². The lowest BCUT2D eigenvalue weighted by Crippen LogP contribution is -2.33. The molecule has 138 valence electrons. The van der Waals surface area contributed by atoms with Gasteiger partial charge in [-0.1, -0.05) is 41.6 Å². The number of rotatable bonds is 3. The SMILES string of the molecule is Cc1noc(-c2ccc(COC(=O)N3CCc4ccccc4CC3)cc2)n1. The molecule has 0 spiro atoms. The van der Waals surface area contributed by atoms with Crippen LogP contribution >= 0.6 is 0 Å². The Morgan fingerprint density at radius 1 is 1.07 bits per heavy atom. The van der Waals surface area contributed by atoms with E-state index in [9.17, 15) is 4.79 Å². The highest BCUT2D eigenvalue weighted by molar-refractivity contribution is 5.68. The minimum absolute atomic E-state index is 0.241. The number of aryl methyl sites for hydroxylation is 1. The summed E-state index contributed by atoms with van der Waals surface area (Å²) in [6.45, 7) is 3.39. The molecule has 3 aromatic rings. The molecule has 2 heterocycles. The van der Waals surface area contributed by atoms with Crippen LogP contribution in [0, 0.1) is 6.92 Å². The molecule has 0 N–H and O–H groups in total. The number of aromatic nitrogens is 2. The minimum Gasteiger partial charge on any atom is -0.445 e. The van der Waals surface area contributed by atoms with E-state index in [1.165, 1.54) is 11.1 Å². The third kappa shape index (κ3) is 4.00. The average Bonchev–Trinajstić information content (AvgIpc) is 3.01. The average molecular weight is 363 g/mol. The van der Waals surface area contributed by atoms with Gasteiger partial charge in [-0.3, -0.25) is 0 Å². The molecule has 0 saturated carbocycles. The van der Waals surface area contributed by atoms with Crippen molar-refractivity contribution in [2.24, 2.45) is 0 Å². The van der Waals surface area contributed by atoms with Gasteiger partial charge in [-0.15, -0.1) is 0 Å². The van der Waals surface area contributed by atoms with Crippen LogP contribution < -0.4 is 0 Å². The fourth-order valence-electron chi connectivity index (χ4n) is 3.24. The molecule has 0 aliphatic carbocycles.